The van der Waals surface area contributed by atoms with Crippen molar-refractivity contribution in [2.45, 2.75) is 95.3 Å². The van der Waals surface area contributed by atoms with Crippen molar-refractivity contribution in [1.82, 2.24) is 0 Å². The average molecular weight is 349 g/mol. The zero-order valence-electron chi connectivity index (χ0n) is 15.4. The Morgan fingerprint density at radius 2 is 1.64 bits per heavy atom. The second-order valence-electron chi connectivity index (χ2n) is 8.35. The summed E-state index contributed by atoms with van der Waals surface area (Å²) in [6, 6.07) is 0. The van der Waals surface area contributed by atoms with Gasteiger partial charge in [0.05, 0.1) is 6.10 Å². The van der Waals surface area contributed by atoms with Crippen molar-refractivity contribution in [3.63, 3.8) is 0 Å². The number of thioether (sulfide) groups is 1. The Morgan fingerprint density at radius 3 is 2.14 bits per heavy atom. The minimum absolute atomic E-state index is 0.0112. The number of hydrogen-bond acceptors (Lipinski definition) is 5. The van der Waals surface area contributed by atoms with Crippen LogP contribution in [0.2, 0.25) is 18.1 Å². The van der Waals surface area contributed by atoms with Gasteiger partial charge < -0.3 is 18.6 Å². The molecule has 0 aromatic carbocycles. The maximum atomic E-state index is 6.69. The minimum atomic E-state index is -1.91. The zero-order valence-corrected chi connectivity index (χ0v) is 17.2. The molecule has 0 unspecified atom stereocenters. The smallest absolute Gasteiger partial charge is 0.192 e. The molecule has 0 aliphatic carbocycles. The topological polar surface area (TPSA) is 36.9 Å². The Bertz CT molecular complexity index is 407. The molecule has 0 bridgehead atoms. The first-order valence-electron chi connectivity index (χ1n) is 8.10. The first-order valence-corrected chi connectivity index (χ1v) is 12.3. The van der Waals surface area contributed by atoms with Gasteiger partial charge in [0.1, 0.15) is 23.7 Å². The second kappa shape index (κ2) is 6.04. The number of rotatable bonds is 3. The predicted molar refractivity (Wildman–Crippen MR) is 93.7 cm³/mol. The Balaban J connectivity index is 2.26. The van der Waals surface area contributed by atoms with Crippen molar-refractivity contribution in [2.24, 2.45) is 0 Å². The van der Waals surface area contributed by atoms with Crippen molar-refractivity contribution < 1.29 is 18.6 Å². The van der Waals surface area contributed by atoms with Gasteiger partial charge in [0, 0.05) is 0 Å². The lowest BCUT2D eigenvalue weighted by Crippen LogP contribution is -2.59. The van der Waals surface area contributed by atoms with E-state index in [2.05, 4.69) is 47.0 Å². The van der Waals surface area contributed by atoms with Gasteiger partial charge in [-0.15, -0.1) is 11.8 Å². The van der Waals surface area contributed by atoms with E-state index in [1.165, 1.54) is 0 Å². The Kier molecular flexibility index (Phi) is 5.15. The van der Waals surface area contributed by atoms with Crippen LogP contribution < -0.4 is 0 Å². The molecular weight excluding hydrogens is 316 g/mol. The highest BCUT2D eigenvalue weighted by Gasteiger charge is 2.56. The summed E-state index contributed by atoms with van der Waals surface area (Å²) in [5.41, 5.74) is -0.0112. The Morgan fingerprint density at radius 1 is 1.09 bits per heavy atom. The van der Waals surface area contributed by atoms with Crippen molar-refractivity contribution in [3.8, 4) is 0 Å². The summed E-state index contributed by atoms with van der Waals surface area (Å²) in [5.74, 6) is -0.574. The number of hydrogen-bond donors (Lipinski definition) is 0. The molecular formula is C16H32O4SSi. The van der Waals surface area contributed by atoms with E-state index in [9.17, 15) is 0 Å². The quantitative estimate of drug-likeness (QED) is 0.721. The molecule has 6 heteroatoms. The Labute approximate surface area is 140 Å². The maximum Gasteiger partial charge on any atom is 0.192 e. The molecule has 22 heavy (non-hydrogen) atoms. The van der Waals surface area contributed by atoms with Crippen molar-refractivity contribution >= 4 is 20.1 Å². The van der Waals surface area contributed by atoms with Gasteiger partial charge in [0.2, 0.25) is 0 Å². The van der Waals surface area contributed by atoms with E-state index >= 15 is 0 Å². The minimum Gasteiger partial charge on any atom is -0.408 e. The summed E-state index contributed by atoms with van der Waals surface area (Å²) in [4.78, 5) is 0. The molecule has 2 saturated heterocycles. The SMILES string of the molecule is CS[C@H]1O[C@@H](C)[C@H]2OC(C)(C)O[C@H]2[C@@H]1O[Si](C)(C)C(C)(C)C. The molecule has 0 N–H and O–H groups in total. The standard InChI is InChI=1S/C16H32O4SSi/c1-10-11-12(19-16(5,6)18-11)13(14(17-10)21-7)20-22(8,9)15(2,3)4/h10-14H,1-9H3/t10-,11+,12+,13-,14+/m0/s1. The van der Waals surface area contributed by atoms with Gasteiger partial charge in [-0.25, -0.2) is 0 Å². The van der Waals surface area contributed by atoms with Gasteiger partial charge >= 0.3 is 0 Å². The molecule has 2 aliphatic heterocycles. The van der Waals surface area contributed by atoms with Crippen LogP contribution in [0.5, 0.6) is 0 Å². The van der Waals surface area contributed by atoms with Crippen molar-refractivity contribution in [1.29, 1.82) is 0 Å². The third-order valence-corrected chi connectivity index (χ3v) is 10.4. The molecule has 4 nitrogen and oxygen atoms in total. The highest BCUT2D eigenvalue weighted by Crippen LogP contribution is 2.44. The average Bonchev–Trinajstić information content (AvgIpc) is 2.67. The van der Waals surface area contributed by atoms with E-state index in [0.29, 0.717) is 0 Å². The summed E-state index contributed by atoms with van der Waals surface area (Å²) in [5, 5.41) is 0.156. The lowest BCUT2D eigenvalue weighted by atomic mass is 10.0. The Hall–Kier alpha value is 0.407. The van der Waals surface area contributed by atoms with Crippen LogP contribution in [0.1, 0.15) is 41.5 Å². The summed E-state index contributed by atoms with van der Waals surface area (Å²) >= 11 is 1.70. The summed E-state index contributed by atoms with van der Waals surface area (Å²) in [7, 11) is -1.91. The molecule has 2 fully saturated rings. The van der Waals surface area contributed by atoms with Crippen molar-refractivity contribution in [2.75, 3.05) is 6.26 Å². The van der Waals surface area contributed by atoms with Crippen LogP contribution >= 0.6 is 11.8 Å². The first-order chi connectivity index (χ1) is 9.88. The van der Waals surface area contributed by atoms with Gasteiger partial charge in [-0.2, -0.15) is 0 Å². The summed E-state index contributed by atoms with van der Waals surface area (Å²) in [6.45, 7) is 17.3. The van der Waals surface area contributed by atoms with Gasteiger partial charge in [0.15, 0.2) is 14.1 Å². The normalized spacial score (nSPS) is 38.9. The third kappa shape index (κ3) is 3.57. The molecule has 0 saturated carbocycles. The highest BCUT2D eigenvalue weighted by molar-refractivity contribution is 7.99. The summed E-state index contributed by atoms with van der Waals surface area (Å²) < 4.78 is 25.1. The van der Waals surface area contributed by atoms with E-state index in [1.807, 2.05) is 13.8 Å². The maximum absolute atomic E-state index is 6.69. The number of fused-ring (bicyclic) bond motifs is 1. The second-order valence-corrected chi connectivity index (χ2v) is 14.0. The van der Waals surface area contributed by atoms with Crippen LogP contribution in [0.4, 0.5) is 0 Å². The van der Waals surface area contributed by atoms with Gasteiger partial charge in [-0.05, 0) is 45.2 Å². The molecule has 0 aromatic rings. The molecule has 5 atom stereocenters. The largest absolute Gasteiger partial charge is 0.408 e. The molecule has 0 aromatic heterocycles. The zero-order chi connectivity index (χ0) is 16.9. The summed E-state index contributed by atoms with van der Waals surface area (Å²) in [6.07, 6.45) is 1.88. The van der Waals surface area contributed by atoms with Crippen molar-refractivity contribution in [3.05, 3.63) is 0 Å². The van der Waals surface area contributed by atoms with Gasteiger partial charge in [0.25, 0.3) is 0 Å². The first kappa shape index (κ1) is 18.7. The van der Waals surface area contributed by atoms with Crippen LogP contribution in [-0.4, -0.2) is 50.2 Å². The molecule has 2 heterocycles. The van der Waals surface area contributed by atoms with E-state index in [0.717, 1.165) is 0 Å². The fourth-order valence-corrected chi connectivity index (χ4v) is 4.94. The fraction of sp³-hybridized carbons (Fsp3) is 1.00. The van der Waals surface area contributed by atoms with E-state index in [4.69, 9.17) is 18.6 Å². The molecule has 0 amide bonds. The van der Waals surface area contributed by atoms with Crippen LogP contribution in [0.25, 0.3) is 0 Å². The van der Waals surface area contributed by atoms with E-state index in [-0.39, 0.29) is 34.9 Å². The molecule has 130 valence electrons. The predicted octanol–water partition coefficient (Wildman–Crippen LogP) is 4.00. The van der Waals surface area contributed by atoms with Crippen LogP contribution in [-0.2, 0) is 18.6 Å². The fourth-order valence-electron chi connectivity index (χ4n) is 2.78. The van der Waals surface area contributed by atoms with E-state index < -0.39 is 14.1 Å². The third-order valence-electron chi connectivity index (χ3n) is 5.04. The van der Waals surface area contributed by atoms with Crippen LogP contribution in [0.15, 0.2) is 0 Å². The van der Waals surface area contributed by atoms with E-state index in [1.54, 1.807) is 11.8 Å². The lowest BCUT2D eigenvalue weighted by Gasteiger charge is -2.46. The molecule has 2 rings (SSSR count). The lowest BCUT2D eigenvalue weighted by molar-refractivity contribution is -0.153. The van der Waals surface area contributed by atoms with Gasteiger partial charge in [-0.1, -0.05) is 20.8 Å². The van der Waals surface area contributed by atoms with Crippen LogP contribution in [0, 0.1) is 0 Å². The molecule has 0 radical (unpaired) electrons. The molecule has 0 spiro atoms. The highest BCUT2D eigenvalue weighted by atomic mass is 32.2. The molecule has 2 aliphatic rings. The monoisotopic (exact) mass is 348 g/mol. The van der Waals surface area contributed by atoms with Crippen LogP contribution in [0.3, 0.4) is 0 Å². The van der Waals surface area contributed by atoms with Gasteiger partial charge in [-0.3, -0.25) is 0 Å². The number of ether oxygens (including phenoxy) is 3.